The molecule has 150 valence electrons. The Hall–Kier alpha value is -3.12. The molecular formula is C23H25N3O3. The molecule has 0 bridgehead atoms. The van der Waals surface area contributed by atoms with Crippen LogP contribution in [-0.4, -0.2) is 39.2 Å². The first-order valence-corrected chi connectivity index (χ1v) is 10.0. The Kier molecular flexibility index (Phi) is 5.62. The van der Waals surface area contributed by atoms with E-state index in [9.17, 15) is 14.7 Å². The van der Waals surface area contributed by atoms with Gasteiger partial charge in [-0.3, -0.25) is 19.2 Å². The average Bonchev–Trinajstić information content (AvgIpc) is 2.74. The zero-order chi connectivity index (χ0) is 20.2. The van der Waals surface area contributed by atoms with Gasteiger partial charge in [-0.25, -0.2) is 4.79 Å². The summed E-state index contributed by atoms with van der Waals surface area (Å²) < 4.78 is 1.54. The number of aromatic amines is 1. The standard InChI is InChI=1S/C23H25N3O3/c27-20-10-6-9-19-21(20)22(28)24-23(29)26(19)14-5-4-13-25-15-11-18(12-16-25)17-7-2-1-3-8-17/h1-3,6-11,27H,4-5,12-16H2,(H,24,28,29). The van der Waals surface area contributed by atoms with E-state index >= 15 is 0 Å². The second kappa shape index (κ2) is 8.49. The molecule has 4 rings (SSSR count). The lowest BCUT2D eigenvalue weighted by molar-refractivity contribution is 0.292. The Morgan fingerprint density at radius 3 is 2.52 bits per heavy atom. The van der Waals surface area contributed by atoms with Gasteiger partial charge in [-0.05, 0) is 49.1 Å². The number of H-pyrrole nitrogens is 1. The smallest absolute Gasteiger partial charge is 0.328 e. The van der Waals surface area contributed by atoms with Crippen LogP contribution in [0.25, 0.3) is 16.5 Å². The van der Waals surface area contributed by atoms with E-state index in [2.05, 4.69) is 40.2 Å². The third-order valence-corrected chi connectivity index (χ3v) is 5.55. The summed E-state index contributed by atoms with van der Waals surface area (Å²) >= 11 is 0. The molecule has 0 spiro atoms. The van der Waals surface area contributed by atoms with Gasteiger partial charge in [0.2, 0.25) is 0 Å². The number of phenols is 1. The van der Waals surface area contributed by atoms with E-state index in [4.69, 9.17) is 0 Å². The maximum Gasteiger partial charge on any atom is 0.328 e. The number of nitrogens with one attached hydrogen (secondary N) is 1. The van der Waals surface area contributed by atoms with E-state index in [-0.39, 0.29) is 11.1 Å². The average molecular weight is 391 g/mol. The fraction of sp³-hybridized carbons (Fsp3) is 0.304. The fourth-order valence-electron chi connectivity index (χ4n) is 3.98. The van der Waals surface area contributed by atoms with Gasteiger partial charge in [0.1, 0.15) is 11.1 Å². The lowest BCUT2D eigenvalue weighted by atomic mass is 9.99. The van der Waals surface area contributed by atoms with Crippen molar-refractivity contribution in [3.05, 3.63) is 81.0 Å². The Morgan fingerprint density at radius 1 is 0.966 bits per heavy atom. The number of phenolic OH excluding ortho intramolecular Hbond substituents is 1. The molecule has 0 saturated carbocycles. The monoisotopic (exact) mass is 391 g/mol. The SMILES string of the molecule is O=c1[nH]c(=O)n(CCCCN2CC=C(c3ccccc3)CC2)c2cccc(O)c12. The van der Waals surface area contributed by atoms with Gasteiger partial charge in [-0.1, -0.05) is 42.5 Å². The van der Waals surface area contributed by atoms with Crippen LogP contribution < -0.4 is 11.2 Å². The van der Waals surface area contributed by atoms with E-state index in [1.807, 2.05) is 6.07 Å². The van der Waals surface area contributed by atoms with Gasteiger partial charge < -0.3 is 5.11 Å². The zero-order valence-electron chi connectivity index (χ0n) is 16.3. The van der Waals surface area contributed by atoms with Crippen molar-refractivity contribution < 1.29 is 5.11 Å². The molecule has 6 heteroatoms. The van der Waals surface area contributed by atoms with Crippen LogP contribution in [-0.2, 0) is 6.54 Å². The molecule has 1 aromatic heterocycles. The number of rotatable bonds is 6. The van der Waals surface area contributed by atoms with Crippen LogP contribution >= 0.6 is 0 Å². The van der Waals surface area contributed by atoms with Crippen molar-refractivity contribution in [2.45, 2.75) is 25.8 Å². The topological polar surface area (TPSA) is 78.3 Å². The second-order valence-electron chi connectivity index (χ2n) is 7.44. The van der Waals surface area contributed by atoms with E-state index in [1.165, 1.54) is 17.2 Å². The summed E-state index contributed by atoms with van der Waals surface area (Å²) in [4.78, 5) is 29.0. The van der Waals surface area contributed by atoms with Crippen LogP contribution in [0.15, 0.2) is 64.2 Å². The third kappa shape index (κ3) is 4.17. The van der Waals surface area contributed by atoms with Crippen LogP contribution in [0.2, 0.25) is 0 Å². The van der Waals surface area contributed by atoms with Gasteiger partial charge in [0.05, 0.1) is 5.52 Å². The number of aromatic nitrogens is 2. The molecule has 0 aliphatic carbocycles. The Balaban J connectivity index is 1.35. The number of hydrogen-bond donors (Lipinski definition) is 2. The van der Waals surface area contributed by atoms with Crippen molar-refractivity contribution >= 4 is 16.5 Å². The molecule has 29 heavy (non-hydrogen) atoms. The number of nitrogens with zero attached hydrogens (tertiary/aromatic N) is 2. The van der Waals surface area contributed by atoms with Gasteiger partial charge in [-0.15, -0.1) is 0 Å². The van der Waals surface area contributed by atoms with Gasteiger partial charge in [0, 0.05) is 19.6 Å². The van der Waals surface area contributed by atoms with Crippen molar-refractivity contribution in [2.75, 3.05) is 19.6 Å². The largest absolute Gasteiger partial charge is 0.507 e. The fourth-order valence-corrected chi connectivity index (χ4v) is 3.98. The van der Waals surface area contributed by atoms with Crippen molar-refractivity contribution in [1.82, 2.24) is 14.5 Å². The van der Waals surface area contributed by atoms with E-state index < -0.39 is 11.2 Å². The first kappa shape index (κ1) is 19.2. The molecule has 2 aromatic carbocycles. The van der Waals surface area contributed by atoms with E-state index in [0.29, 0.717) is 12.1 Å². The predicted molar refractivity (Wildman–Crippen MR) is 115 cm³/mol. The van der Waals surface area contributed by atoms with Gasteiger partial charge >= 0.3 is 5.69 Å². The van der Waals surface area contributed by atoms with Crippen molar-refractivity contribution in [3.63, 3.8) is 0 Å². The van der Waals surface area contributed by atoms with E-state index in [0.717, 1.165) is 38.9 Å². The number of benzene rings is 2. The first-order valence-electron chi connectivity index (χ1n) is 10.0. The molecule has 1 aliphatic rings. The van der Waals surface area contributed by atoms with Gasteiger partial charge in [-0.2, -0.15) is 0 Å². The Bertz CT molecular complexity index is 1150. The normalized spacial score (nSPS) is 14.8. The first-order chi connectivity index (χ1) is 14.1. The molecule has 0 amide bonds. The summed E-state index contributed by atoms with van der Waals surface area (Å²) in [5.74, 6) is -0.105. The van der Waals surface area contributed by atoms with Crippen molar-refractivity contribution in [1.29, 1.82) is 0 Å². The Morgan fingerprint density at radius 2 is 1.76 bits per heavy atom. The minimum absolute atomic E-state index is 0.105. The number of aryl methyl sites for hydroxylation is 1. The molecule has 0 saturated heterocycles. The van der Waals surface area contributed by atoms with Crippen molar-refractivity contribution in [2.24, 2.45) is 0 Å². The molecule has 0 radical (unpaired) electrons. The molecule has 0 unspecified atom stereocenters. The Labute approximate surface area is 168 Å². The lowest BCUT2D eigenvalue weighted by Crippen LogP contribution is -2.31. The van der Waals surface area contributed by atoms with Gasteiger partial charge in [0.15, 0.2) is 0 Å². The predicted octanol–water partition coefficient (Wildman–Crippen LogP) is 2.96. The molecule has 2 N–H and O–H groups in total. The molecule has 1 aliphatic heterocycles. The number of unbranched alkanes of at least 4 members (excludes halogenated alkanes) is 1. The highest BCUT2D eigenvalue weighted by atomic mass is 16.3. The van der Waals surface area contributed by atoms with Crippen LogP contribution in [0.5, 0.6) is 5.75 Å². The quantitative estimate of drug-likeness (QED) is 0.634. The van der Waals surface area contributed by atoms with Gasteiger partial charge in [0.25, 0.3) is 5.56 Å². The van der Waals surface area contributed by atoms with E-state index in [1.54, 1.807) is 16.7 Å². The van der Waals surface area contributed by atoms with Crippen molar-refractivity contribution in [3.8, 4) is 5.75 Å². The highest BCUT2D eigenvalue weighted by Gasteiger charge is 2.13. The van der Waals surface area contributed by atoms with Crippen LogP contribution in [0.3, 0.4) is 0 Å². The summed E-state index contributed by atoms with van der Waals surface area (Å²) in [6.45, 7) is 3.46. The molecule has 3 aromatic rings. The molecule has 0 atom stereocenters. The maximum absolute atomic E-state index is 12.2. The zero-order valence-corrected chi connectivity index (χ0v) is 16.3. The third-order valence-electron chi connectivity index (χ3n) is 5.55. The highest BCUT2D eigenvalue weighted by molar-refractivity contribution is 5.84. The summed E-state index contributed by atoms with van der Waals surface area (Å²) in [6.07, 6.45) is 5.14. The summed E-state index contributed by atoms with van der Waals surface area (Å²) in [5, 5.41) is 10.1. The molecular weight excluding hydrogens is 366 g/mol. The minimum atomic E-state index is -0.548. The lowest BCUT2D eigenvalue weighted by Gasteiger charge is -2.26. The summed E-state index contributed by atoms with van der Waals surface area (Å²) in [7, 11) is 0. The number of hydrogen-bond acceptors (Lipinski definition) is 4. The molecule has 0 fully saturated rings. The summed E-state index contributed by atoms with van der Waals surface area (Å²) in [5.41, 5.74) is 2.22. The number of fused-ring (bicyclic) bond motifs is 1. The maximum atomic E-state index is 12.2. The summed E-state index contributed by atoms with van der Waals surface area (Å²) in [6, 6.07) is 15.3. The molecule has 6 nitrogen and oxygen atoms in total. The number of aromatic hydroxyl groups is 1. The molecule has 2 heterocycles. The highest BCUT2D eigenvalue weighted by Crippen LogP contribution is 2.22. The van der Waals surface area contributed by atoms with Crippen LogP contribution in [0, 0.1) is 0 Å². The van der Waals surface area contributed by atoms with Crippen LogP contribution in [0.1, 0.15) is 24.8 Å². The second-order valence-corrected chi connectivity index (χ2v) is 7.44. The van der Waals surface area contributed by atoms with Crippen LogP contribution in [0.4, 0.5) is 0 Å². The minimum Gasteiger partial charge on any atom is -0.507 e.